The molecular formula is C11H18. The van der Waals surface area contributed by atoms with Gasteiger partial charge in [-0.3, -0.25) is 0 Å². The Balaban J connectivity index is 1.78. The van der Waals surface area contributed by atoms with Gasteiger partial charge in [-0.15, -0.1) is 0 Å². The van der Waals surface area contributed by atoms with Crippen LogP contribution in [0.25, 0.3) is 0 Å². The Morgan fingerprint density at radius 3 is 2.27 bits per heavy atom. The van der Waals surface area contributed by atoms with Crippen LogP contribution in [0.3, 0.4) is 0 Å². The van der Waals surface area contributed by atoms with E-state index in [2.05, 4.69) is 13.8 Å². The van der Waals surface area contributed by atoms with Gasteiger partial charge >= 0.3 is 0 Å². The molecule has 3 saturated carbocycles. The molecule has 3 fully saturated rings. The van der Waals surface area contributed by atoms with Crippen LogP contribution in [-0.2, 0) is 0 Å². The molecule has 3 rings (SSSR count). The van der Waals surface area contributed by atoms with Crippen molar-refractivity contribution in [2.24, 2.45) is 29.1 Å². The first kappa shape index (κ1) is 6.51. The lowest BCUT2D eigenvalue weighted by Crippen LogP contribution is -2.29. The van der Waals surface area contributed by atoms with E-state index in [1.54, 1.807) is 25.7 Å². The van der Waals surface area contributed by atoms with E-state index in [9.17, 15) is 0 Å². The standard InChI is InChI=1S/C11H18/c1-7-3-9-5-11(4-8(11)2)6-10(7)9/h7-10H,3-6H2,1-2H3. The summed E-state index contributed by atoms with van der Waals surface area (Å²) in [6, 6.07) is 0. The number of rotatable bonds is 0. The largest absolute Gasteiger partial charge is 0.0622 e. The normalized spacial score (nSPS) is 66.0. The van der Waals surface area contributed by atoms with Crippen molar-refractivity contribution in [3.05, 3.63) is 0 Å². The van der Waals surface area contributed by atoms with Crippen LogP contribution in [-0.4, -0.2) is 0 Å². The zero-order valence-electron chi connectivity index (χ0n) is 7.64. The van der Waals surface area contributed by atoms with E-state index in [0.717, 1.165) is 29.1 Å². The van der Waals surface area contributed by atoms with Gasteiger partial charge in [0.15, 0.2) is 0 Å². The average Bonchev–Trinajstić information content (AvgIpc) is 2.45. The monoisotopic (exact) mass is 150 g/mol. The van der Waals surface area contributed by atoms with E-state index in [4.69, 9.17) is 0 Å². The first-order valence-corrected chi connectivity index (χ1v) is 5.21. The Kier molecular flexibility index (Phi) is 0.990. The van der Waals surface area contributed by atoms with E-state index in [-0.39, 0.29) is 0 Å². The molecule has 0 aromatic heterocycles. The third-order valence-electron chi connectivity index (χ3n) is 4.92. The van der Waals surface area contributed by atoms with Gasteiger partial charge in [0.25, 0.3) is 0 Å². The minimum absolute atomic E-state index is 0.889. The van der Waals surface area contributed by atoms with Gasteiger partial charge in [0.2, 0.25) is 0 Å². The first-order valence-electron chi connectivity index (χ1n) is 5.21. The molecule has 0 aliphatic heterocycles. The Labute approximate surface area is 69.4 Å². The summed E-state index contributed by atoms with van der Waals surface area (Å²) in [5, 5.41) is 0. The molecule has 0 aromatic rings. The molecular weight excluding hydrogens is 132 g/mol. The van der Waals surface area contributed by atoms with Gasteiger partial charge in [-0.25, -0.2) is 0 Å². The minimum Gasteiger partial charge on any atom is -0.0622 e. The molecule has 62 valence electrons. The molecule has 5 atom stereocenters. The number of fused-ring (bicyclic) bond motifs is 1. The molecule has 0 saturated heterocycles. The van der Waals surface area contributed by atoms with Crippen LogP contribution < -0.4 is 0 Å². The molecule has 0 aromatic carbocycles. The van der Waals surface area contributed by atoms with Crippen LogP contribution in [0.15, 0.2) is 0 Å². The maximum atomic E-state index is 2.45. The zero-order valence-corrected chi connectivity index (χ0v) is 7.64. The lowest BCUT2D eigenvalue weighted by atomic mass is 9.68. The Morgan fingerprint density at radius 1 is 1.09 bits per heavy atom. The van der Waals surface area contributed by atoms with Crippen molar-refractivity contribution in [2.75, 3.05) is 0 Å². The lowest BCUT2D eigenvalue weighted by molar-refractivity contribution is 0.120. The van der Waals surface area contributed by atoms with Gasteiger partial charge in [0.05, 0.1) is 0 Å². The van der Waals surface area contributed by atoms with Gasteiger partial charge in [0, 0.05) is 0 Å². The second kappa shape index (κ2) is 1.67. The van der Waals surface area contributed by atoms with E-state index >= 15 is 0 Å². The second-order valence-corrected chi connectivity index (χ2v) is 5.51. The fourth-order valence-corrected chi connectivity index (χ4v) is 3.89. The van der Waals surface area contributed by atoms with E-state index in [0.29, 0.717) is 0 Å². The highest BCUT2D eigenvalue weighted by atomic mass is 14.7. The summed E-state index contributed by atoms with van der Waals surface area (Å²) in [4.78, 5) is 0. The van der Waals surface area contributed by atoms with Crippen LogP contribution in [0.5, 0.6) is 0 Å². The predicted octanol–water partition coefficient (Wildman–Crippen LogP) is 3.08. The minimum atomic E-state index is 0.889. The fraction of sp³-hybridized carbons (Fsp3) is 1.00. The van der Waals surface area contributed by atoms with Crippen molar-refractivity contribution in [1.82, 2.24) is 0 Å². The molecule has 3 aliphatic rings. The van der Waals surface area contributed by atoms with E-state index < -0.39 is 0 Å². The van der Waals surface area contributed by atoms with Crippen LogP contribution >= 0.6 is 0 Å². The van der Waals surface area contributed by atoms with Crippen molar-refractivity contribution < 1.29 is 0 Å². The first-order chi connectivity index (χ1) is 5.21. The smallest absolute Gasteiger partial charge is 0.0263 e. The van der Waals surface area contributed by atoms with Crippen molar-refractivity contribution in [3.8, 4) is 0 Å². The summed E-state index contributed by atoms with van der Waals surface area (Å²) >= 11 is 0. The van der Waals surface area contributed by atoms with Gasteiger partial charge in [-0.05, 0) is 54.8 Å². The SMILES string of the molecule is CC1CC2CC3(CC12)CC3C. The van der Waals surface area contributed by atoms with Crippen molar-refractivity contribution in [3.63, 3.8) is 0 Å². The Morgan fingerprint density at radius 2 is 1.82 bits per heavy atom. The van der Waals surface area contributed by atoms with Crippen molar-refractivity contribution >= 4 is 0 Å². The molecule has 0 radical (unpaired) electrons. The van der Waals surface area contributed by atoms with Crippen LogP contribution in [0.2, 0.25) is 0 Å². The molecule has 0 heterocycles. The molecule has 3 aliphatic carbocycles. The summed E-state index contributed by atoms with van der Waals surface area (Å²) < 4.78 is 0. The molecule has 11 heavy (non-hydrogen) atoms. The molecule has 0 amide bonds. The number of hydrogen-bond acceptors (Lipinski definition) is 0. The van der Waals surface area contributed by atoms with E-state index in [1.807, 2.05) is 0 Å². The molecule has 0 bridgehead atoms. The van der Waals surface area contributed by atoms with Crippen LogP contribution in [0.1, 0.15) is 39.5 Å². The highest BCUT2D eigenvalue weighted by Crippen LogP contribution is 2.70. The second-order valence-electron chi connectivity index (χ2n) is 5.51. The Bertz CT molecular complexity index is 194. The van der Waals surface area contributed by atoms with Crippen LogP contribution in [0.4, 0.5) is 0 Å². The maximum Gasteiger partial charge on any atom is -0.0263 e. The fourth-order valence-electron chi connectivity index (χ4n) is 3.89. The quantitative estimate of drug-likeness (QED) is 0.498. The molecule has 1 spiro atoms. The average molecular weight is 150 g/mol. The highest BCUT2D eigenvalue weighted by molar-refractivity contribution is 5.11. The Hall–Kier alpha value is 0. The zero-order chi connectivity index (χ0) is 7.64. The van der Waals surface area contributed by atoms with Crippen molar-refractivity contribution in [1.29, 1.82) is 0 Å². The topological polar surface area (TPSA) is 0 Å². The molecule has 0 nitrogen and oxygen atoms in total. The predicted molar refractivity (Wildman–Crippen MR) is 46.2 cm³/mol. The molecule has 0 heteroatoms. The molecule has 5 unspecified atom stereocenters. The van der Waals surface area contributed by atoms with E-state index in [1.165, 1.54) is 0 Å². The van der Waals surface area contributed by atoms with Crippen molar-refractivity contribution in [2.45, 2.75) is 39.5 Å². The number of hydrogen-bond donors (Lipinski definition) is 0. The third kappa shape index (κ3) is 0.666. The van der Waals surface area contributed by atoms with Gasteiger partial charge < -0.3 is 0 Å². The summed E-state index contributed by atoms with van der Waals surface area (Å²) in [6.07, 6.45) is 6.31. The van der Waals surface area contributed by atoms with Crippen LogP contribution in [0, 0.1) is 29.1 Å². The van der Waals surface area contributed by atoms with Gasteiger partial charge in [0.1, 0.15) is 0 Å². The third-order valence-corrected chi connectivity index (χ3v) is 4.92. The van der Waals surface area contributed by atoms with Gasteiger partial charge in [-0.1, -0.05) is 13.8 Å². The summed E-state index contributed by atoms with van der Waals surface area (Å²) in [7, 11) is 0. The lowest BCUT2D eigenvalue weighted by Gasteiger charge is -2.37. The summed E-state index contributed by atoms with van der Waals surface area (Å²) in [5.41, 5.74) is 0.889. The summed E-state index contributed by atoms with van der Waals surface area (Å²) in [5.74, 6) is 4.47. The summed E-state index contributed by atoms with van der Waals surface area (Å²) in [6.45, 7) is 4.91. The maximum absolute atomic E-state index is 2.45. The van der Waals surface area contributed by atoms with Gasteiger partial charge in [-0.2, -0.15) is 0 Å². The molecule has 0 N–H and O–H groups in total. The highest BCUT2D eigenvalue weighted by Gasteiger charge is 2.61.